The van der Waals surface area contributed by atoms with Crippen LogP contribution in [0.15, 0.2) is 0 Å². The van der Waals surface area contributed by atoms with Crippen LogP contribution in [0.1, 0.15) is 0 Å². The van der Waals surface area contributed by atoms with Crippen LogP contribution in [0.2, 0.25) is 0 Å². The maximum atomic E-state index is 5.59. The van der Waals surface area contributed by atoms with Crippen LogP contribution in [0.3, 0.4) is 0 Å². The molecule has 2 aliphatic rings. The SMILES string of the molecule is S=C(SC(=S)C1CNCCO1)C1CNCCO1. The van der Waals surface area contributed by atoms with Gasteiger partial charge in [-0.25, -0.2) is 0 Å². The summed E-state index contributed by atoms with van der Waals surface area (Å²) in [7, 11) is 0. The Balaban J connectivity index is 1.78. The van der Waals surface area contributed by atoms with E-state index in [1.165, 1.54) is 11.8 Å². The van der Waals surface area contributed by atoms with Crippen LogP contribution in [0.25, 0.3) is 0 Å². The van der Waals surface area contributed by atoms with E-state index in [4.69, 9.17) is 33.9 Å². The van der Waals surface area contributed by atoms with Crippen LogP contribution >= 0.6 is 36.2 Å². The molecule has 2 unspecified atom stereocenters. The highest BCUT2D eigenvalue weighted by Gasteiger charge is 2.24. The zero-order valence-electron chi connectivity index (χ0n) is 9.44. The molecule has 2 saturated heterocycles. The molecule has 17 heavy (non-hydrogen) atoms. The van der Waals surface area contributed by atoms with E-state index in [0.29, 0.717) is 13.2 Å². The molecule has 2 N–H and O–H groups in total. The topological polar surface area (TPSA) is 42.5 Å². The Morgan fingerprint density at radius 1 is 0.941 bits per heavy atom. The molecule has 0 radical (unpaired) electrons. The lowest BCUT2D eigenvalue weighted by Crippen LogP contribution is -2.44. The van der Waals surface area contributed by atoms with Gasteiger partial charge in [-0.2, -0.15) is 0 Å². The minimum absolute atomic E-state index is 0.0155. The molecule has 0 aliphatic carbocycles. The summed E-state index contributed by atoms with van der Waals surface area (Å²) in [5, 5.41) is 6.51. The molecule has 0 amide bonds. The van der Waals surface area contributed by atoms with E-state index in [-0.39, 0.29) is 12.2 Å². The lowest BCUT2D eigenvalue weighted by Gasteiger charge is -2.27. The fourth-order valence-corrected chi connectivity index (χ4v) is 3.43. The van der Waals surface area contributed by atoms with Crippen molar-refractivity contribution < 1.29 is 9.47 Å². The van der Waals surface area contributed by atoms with E-state index in [2.05, 4.69) is 10.6 Å². The molecule has 2 atom stereocenters. The highest BCUT2D eigenvalue weighted by atomic mass is 32.2. The quantitative estimate of drug-likeness (QED) is 0.712. The third kappa shape index (κ3) is 4.20. The van der Waals surface area contributed by atoms with Crippen LogP contribution in [0, 0.1) is 0 Å². The molecule has 0 aromatic carbocycles. The second kappa shape index (κ2) is 7.08. The van der Waals surface area contributed by atoms with Gasteiger partial charge in [0.05, 0.1) is 21.6 Å². The summed E-state index contributed by atoms with van der Waals surface area (Å²) in [6.45, 7) is 4.75. The molecule has 96 valence electrons. The molecule has 0 spiro atoms. The van der Waals surface area contributed by atoms with Crippen molar-refractivity contribution in [1.82, 2.24) is 10.6 Å². The van der Waals surface area contributed by atoms with Crippen LogP contribution in [-0.2, 0) is 9.47 Å². The zero-order valence-corrected chi connectivity index (χ0v) is 11.9. The highest BCUT2D eigenvalue weighted by Crippen LogP contribution is 2.18. The average Bonchev–Trinajstić information content (AvgIpc) is 2.40. The van der Waals surface area contributed by atoms with Crippen molar-refractivity contribution in [2.24, 2.45) is 0 Å². The van der Waals surface area contributed by atoms with Gasteiger partial charge in [0.2, 0.25) is 0 Å². The Kier molecular flexibility index (Phi) is 5.75. The molecular weight excluding hydrogens is 276 g/mol. The summed E-state index contributed by atoms with van der Waals surface area (Å²) in [5.74, 6) is 0. The number of ether oxygens (including phenoxy) is 2. The highest BCUT2D eigenvalue weighted by molar-refractivity contribution is 8.38. The minimum atomic E-state index is -0.0155. The molecule has 0 bridgehead atoms. The summed E-state index contributed by atoms with van der Waals surface area (Å²) in [5.41, 5.74) is 0. The molecule has 7 heteroatoms. The van der Waals surface area contributed by atoms with Crippen LogP contribution < -0.4 is 10.6 Å². The number of nitrogens with one attached hydrogen (secondary N) is 2. The zero-order chi connectivity index (χ0) is 12.1. The Hall–Kier alpha value is 0.370. The number of thioether (sulfide) groups is 1. The first kappa shape index (κ1) is 13.8. The molecule has 2 heterocycles. The molecule has 0 aromatic heterocycles. The van der Waals surface area contributed by atoms with Gasteiger partial charge in [0.15, 0.2) is 0 Å². The second-order valence-corrected chi connectivity index (χ2v) is 6.35. The van der Waals surface area contributed by atoms with E-state index in [1.54, 1.807) is 0 Å². The number of morpholine rings is 2. The lowest BCUT2D eigenvalue weighted by atomic mass is 10.3. The van der Waals surface area contributed by atoms with E-state index < -0.39 is 0 Å². The van der Waals surface area contributed by atoms with Gasteiger partial charge in [0, 0.05) is 26.2 Å². The first-order chi connectivity index (χ1) is 8.27. The smallest absolute Gasteiger partial charge is 0.111 e. The van der Waals surface area contributed by atoms with Gasteiger partial charge in [-0.1, -0.05) is 36.2 Å². The normalized spacial score (nSPS) is 29.9. The fourth-order valence-electron chi connectivity index (χ4n) is 1.66. The summed E-state index contributed by atoms with van der Waals surface area (Å²) in [6, 6.07) is 0. The number of hydrogen-bond acceptors (Lipinski definition) is 7. The van der Waals surface area contributed by atoms with E-state index in [1.807, 2.05) is 0 Å². The Morgan fingerprint density at radius 2 is 1.41 bits per heavy atom. The Labute approximate surface area is 116 Å². The van der Waals surface area contributed by atoms with Gasteiger partial charge >= 0.3 is 0 Å². The number of thiocarbonyl (C=S) groups is 2. The Bertz CT molecular complexity index is 261. The monoisotopic (exact) mass is 292 g/mol. The van der Waals surface area contributed by atoms with Crippen molar-refractivity contribution in [3.05, 3.63) is 0 Å². The molecule has 4 nitrogen and oxygen atoms in total. The van der Waals surface area contributed by atoms with Gasteiger partial charge in [0.25, 0.3) is 0 Å². The van der Waals surface area contributed by atoms with Crippen molar-refractivity contribution >= 4 is 44.6 Å². The summed E-state index contributed by atoms with van der Waals surface area (Å²) < 4.78 is 12.8. The van der Waals surface area contributed by atoms with E-state index >= 15 is 0 Å². The second-order valence-electron chi connectivity index (χ2n) is 3.87. The predicted molar refractivity (Wildman–Crippen MR) is 78.0 cm³/mol. The van der Waals surface area contributed by atoms with Crippen LogP contribution in [-0.4, -0.2) is 60.0 Å². The first-order valence-corrected chi connectivity index (χ1v) is 7.31. The number of rotatable bonds is 2. The van der Waals surface area contributed by atoms with Crippen molar-refractivity contribution in [2.75, 3.05) is 39.4 Å². The van der Waals surface area contributed by atoms with Crippen molar-refractivity contribution in [3.63, 3.8) is 0 Å². The van der Waals surface area contributed by atoms with Gasteiger partial charge in [-0.05, 0) is 0 Å². The third-order valence-corrected chi connectivity index (χ3v) is 4.54. The standard InChI is InChI=1S/C10H16N2O2S3/c15-9(7-5-11-1-3-13-7)17-10(16)8-6-12-2-4-14-8/h7-8,11-12H,1-6H2. The maximum absolute atomic E-state index is 5.59. The first-order valence-electron chi connectivity index (χ1n) is 5.67. The molecule has 2 fully saturated rings. The largest absolute Gasteiger partial charge is 0.369 e. The summed E-state index contributed by atoms with van der Waals surface area (Å²) in [4.78, 5) is 0. The molecule has 2 aliphatic heterocycles. The van der Waals surface area contributed by atoms with E-state index in [9.17, 15) is 0 Å². The Morgan fingerprint density at radius 3 is 1.76 bits per heavy atom. The molecular formula is C10H16N2O2S3. The molecule has 0 aromatic rings. The minimum Gasteiger partial charge on any atom is -0.369 e. The van der Waals surface area contributed by atoms with Crippen molar-refractivity contribution in [1.29, 1.82) is 0 Å². The number of hydrogen-bond donors (Lipinski definition) is 2. The van der Waals surface area contributed by atoms with Gasteiger partial charge < -0.3 is 20.1 Å². The molecule has 0 saturated carbocycles. The molecule has 2 rings (SSSR count). The van der Waals surface area contributed by atoms with Gasteiger partial charge in [-0.15, -0.1) is 0 Å². The fraction of sp³-hybridized carbons (Fsp3) is 0.800. The summed E-state index contributed by atoms with van der Waals surface area (Å²) >= 11 is 12.2. The summed E-state index contributed by atoms with van der Waals surface area (Å²) in [6.07, 6.45) is -0.0310. The van der Waals surface area contributed by atoms with Gasteiger partial charge in [0.1, 0.15) is 12.2 Å². The predicted octanol–water partition coefficient (Wildman–Crippen LogP) is 0.351. The lowest BCUT2D eigenvalue weighted by molar-refractivity contribution is 0.0735. The van der Waals surface area contributed by atoms with Crippen molar-refractivity contribution in [3.8, 4) is 0 Å². The maximum Gasteiger partial charge on any atom is 0.111 e. The van der Waals surface area contributed by atoms with Gasteiger partial charge in [-0.3, -0.25) is 0 Å². The third-order valence-electron chi connectivity index (χ3n) is 2.58. The van der Waals surface area contributed by atoms with Crippen molar-refractivity contribution in [2.45, 2.75) is 12.2 Å². The average molecular weight is 292 g/mol. The van der Waals surface area contributed by atoms with E-state index in [0.717, 1.165) is 34.6 Å². The van der Waals surface area contributed by atoms with Crippen LogP contribution in [0.4, 0.5) is 0 Å². The van der Waals surface area contributed by atoms with Crippen LogP contribution in [0.5, 0.6) is 0 Å².